The summed E-state index contributed by atoms with van der Waals surface area (Å²) in [5, 5.41) is 3.81. The lowest BCUT2D eigenvalue weighted by atomic mass is 10.1. The number of hydrogen-bond acceptors (Lipinski definition) is 3. The summed E-state index contributed by atoms with van der Waals surface area (Å²) in [7, 11) is 0. The van der Waals surface area contributed by atoms with Crippen molar-refractivity contribution in [2.75, 3.05) is 5.32 Å². The van der Waals surface area contributed by atoms with Crippen LogP contribution >= 0.6 is 23.2 Å². The fourth-order valence-corrected chi connectivity index (χ4v) is 1.93. The fraction of sp³-hybridized carbons (Fsp3) is 0.167. The highest BCUT2D eigenvalue weighted by molar-refractivity contribution is 6.37. The number of halogens is 2. The molecule has 0 spiro atoms. The molecule has 0 fully saturated rings. The van der Waals surface area contributed by atoms with Crippen LogP contribution in [0.25, 0.3) is 0 Å². The van der Waals surface area contributed by atoms with Gasteiger partial charge in [0.1, 0.15) is 12.0 Å². The number of nitrogens with zero attached hydrogens (tertiary/aromatic N) is 2. The number of rotatable bonds is 3. The van der Waals surface area contributed by atoms with Gasteiger partial charge in [0.2, 0.25) is 0 Å². The van der Waals surface area contributed by atoms with Crippen molar-refractivity contribution in [3.8, 4) is 0 Å². The molecule has 17 heavy (non-hydrogen) atoms. The van der Waals surface area contributed by atoms with Crippen LogP contribution in [0.2, 0.25) is 10.3 Å². The van der Waals surface area contributed by atoms with E-state index in [-0.39, 0.29) is 0 Å². The Morgan fingerprint density at radius 2 is 1.76 bits per heavy atom. The van der Waals surface area contributed by atoms with Gasteiger partial charge in [0.05, 0.1) is 0 Å². The lowest BCUT2D eigenvalue weighted by Gasteiger charge is -2.10. The first-order valence-corrected chi connectivity index (χ1v) is 5.88. The number of hydrogen-bond donors (Lipinski definition) is 1. The van der Waals surface area contributed by atoms with Gasteiger partial charge in [-0.3, -0.25) is 0 Å². The van der Waals surface area contributed by atoms with Crippen LogP contribution in [-0.2, 0) is 6.54 Å². The van der Waals surface area contributed by atoms with Crippen molar-refractivity contribution in [3.63, 3.8) is 0 Å². The van der Waals surface area contributed by atoms with Crippen LogP contribution in [0.15, 0.2) is 30.6 Å². The monoisotopic (exact) mass is 267 g/mol. The summed E-state index contributed by atoms with van der Waals surface area (Å²) < 4.78 is 0. The minimum absolute atomic E-state index is 0.332. The maximum Gasteiger partial charge on any atom is 0.157 e. The van der Waals surface area contributed by atoms with E-state index in [1.165, 1.54) is 17.5 Å². The molecular formula is C12H11Cl2N3. The van der Waals surface area contributed by atoms with Crippen molar-refractivity contribution in [1.29, 1.82) is 0 Å². The third kappa shape index (κ3) is 2.87. The molecule has 1 heterocycles. The first kappa shape index (κ1) is 12.1. The number of anilines is 1. The van der Waals surface area contributed by atoms with E-state index >= 15 is 0 Å². The average Bonchev–Trinajstić information content (AvgIpc) is 2.30. The Morgan fingerprint density at radius 1 is 1.12 bits per heavy atom. The van der Waals surface area contributed by atoms with Gasteiger partial charge in [-0.05, 0) is 18.1 Å². The molecule has 0 bridgehead atoms. The van der Waals surface area contributed by atoms with Crippen LogP contribution in [0.1, 0.15) is 11.1 Å². The van der Waals surface area contributed by atoms with Gasteiger partial charge in [-0.25, -0.2) is 9.97 Å². The standard InChI is InChI=1S/C12H11Cl2N3/c1-8-4-2-3-5-9(8)6-15-10-11(13)16-7-17-12(10)14/h2-5,7,15H,6H2,1H3. The van der Waals surface area contributed by atoms with Crippen molar-refractivity contribution in [2.45, 2.75) is 13.5 Å². The van der Waals surface area contributed by atoms with Crippen LogP contribution in [0.5, 0.6) is 0 Å². The summed E-state index contributed by atoms with van der Waals surface area (Å²) in [6, 6.07) is 8.11. The van der Waals surface area contributed by atoms with Gasteiger partial charge < -0.3 is 5.32 Å². The van der Waals surface area contributed by atoms with E-state index in [9.17, 15) is 0 Å². The van der Waals surface area contributed by atoms with Gasteiger partial charge in [-0.1, -0.05) is 47.5 Å². The molecule has 88 valence electrons. The smallest absolute Gasteiger partial charge is 0.157 e. The molecule has 0 aliphatic heterocycles. The highest BCUT2D eigenvalue weighted by atomic mass is 35.5. The van der Waals surface area contributed by atoms with Gasteiger partial charge >= 0.3 is 0 Å². The second kappa shape index (κ2) is 5.34. The van der Waals surface area contributed by atoms with Gasteiger partial charge in [0, 0.05) is 6.54 Å². The highest BCUT2D eigenvalue weighted by Gasteiger charge is 2.07. The van der Waals surface area contributed by atoms with E-state index in [0.29, 0.717) is 22.5 Å². The lowest BCUT2D eigenvalue weighted by Crippen LogP contribution is -2.03. The van der Waals surface area contributed by atoms with Crippen molar-refractivity contribution in [2.24, 2.45) is 0 Å². The second-order valence-corrected chi connectivity index (χ2v) is 4.33. The molecule has 1 N–H and O–H groups in total. The first-order chi connectivity index (χ1) is 8.18. The van der Waals surface area contributed by atoms with Gasteiger partial charge in [-0.15, -0.1) is 0 Å². The molecule has 0 atom stereocenters. The Balaban J connectivity index is 2.16. The van der Waals surface area contributed by atoms with Crippen LogP contribution in [0.4, 0.5) is 5.69 Å². The Morgan fingerprint density at radius 3 is 2.41 bits per heavy atom. The SMILES string of the molecule is Cc1ccccc1CNc1c(Cl)ncnc1Cl. The van der Waals surface area contributed by atoms with E-state index in [1.807, 2.05) is 18.2 Å². The molecule has 1 aromatic carbocycles. The Bertz CT molecular complexity index is 509. The zero-order valence-corrected chi connectivity index (χ0v) is 10.8. The number of aromatic nitrogens is 2. The van der Waals surface area contributed by atoms with E-state index in [4.69, 9.17) is 23.2 Å². The van der Waals surface area contributed by atoms with E-state index in [1.54, 1.807) is 0 Å². The van der Waals surface area contributed by atoms with Crippen LogP contribution in [-0.4, -0.2) is 9.97 Å². The van der Waals surface area contributed by atoms with Gasteiger partial charge in [0.15, 0.2) is 10.3 Å². The highest BCUT2D eigenvalue weighted by Crippen LogP contribution is 2.26. The summed E-state index contributed by atoms with van der Waals surface area (Å²) in [5.41, 5.74) is 2.96. The number of nitrogens with one attached hydrogen (secondary N) is 1. The maximum atomic E-state index is 5.94. The summed E-state index contributed by atoms with van der Waals surface area (Å²) in [4.78, 5) is 7.76. The van der Waals surface area contributed by atoms with Crippen molar-refractivity contribution in [1.82, 2.24) is 9.97 Å². The van der Waals surface area contributed by atoms with E-state index in [0.717, 1.165) is 0 Å². The first-order valence-electron chi connectivity index (χ1n) is 5.13. The average molecular weight is 268 g/mol. The molecule has 5 heteroatoms. The molecule has 0 amide bonds. The Labute approximate surface area is 110 Å². The summed E-state index contributed by atoms with van der Waals surface area (Å²) in [6.45, 7) is 2.70. The third-order valence-corrected chi connectivity index (χ3v) is 3.04. The molecule has 0 saturated carbocycles. The Kier molecular flexibility index (Phi) is 3.82. The molecule has 2 aromatic rings. The largest absolute Gasteiger partial charge is 0.376 e. The predicted octanol–water partition coefficient (Wildman–Crippen LogP) is 3.70. The van der Waals surface area contributed by atoms with Gasteiger partial charge in [-0.2, -0.15) is 0 Å². The molecule has 0 unspecified atom stereocenters. The lowest BCUT2D eigenvalue weighted by molar-refractivity contribution is 1.09. The van der Waals surface area contributed by atoms with E-state index in [2.05, 4.69) is 28.3 Å². The minimum Gasteiger partial charge on any atom is -0.376 e. The third-order valence-electron chi connectivity index (χ3n) is 2.47. The van der Waals surface area contributed by atoms with E-state index < -0.39 is 0 Å². The van der Waals surface area contributed by atoms with Crippen LogP contribution < -0.4 is 5.32 Å². The predicted molar refractivity (Wildman–Crippen MR) is 70.6 cm³/mol. The zero-order valence-electron chi connectivity index (χ0n) is 9.24. The topological polar surface area (TPSA) is 37.8 Å². The second-order valence-electron chi connectivity index (χ2n) is 3.61. The van der Waals surface area contributed by atoms with Crippen LogP contribution in [0, 0.1) is 6.92 Å². The number of benzene rings is 1. The molecule has 1 aromatic heterocycles. The molecule has 3 nitrogen and oxygen atoms in total. The zero-order chi connectivity index (χ0) is 12.3. The molecule has 0 radical (unpaired) electrons. The Hall–Kier alpha value is -1.32. The molecule has 0 aliphatic rings. The van der Waals surface area contributed by atoms with Crippen LogP contribution in [0.3, 0.4) is 0 Å². The van der Waals surface area contributed by atoms with Crippen molar-refractivity contribution in [3.05, 3.63) is 52.0 Å². The van der Waals surface area contributed by atoms with Gasteiger partial charge in [0.25, 0.3) is 0 Å². The molecule has 2 rings (SSSR count). The molecular weight excluding hydrogens is 257 g/mol. The quantitative estimate of drug-likeness (QED) is 0.862. The summed E-state index contributed by atoms with van der Waals surface area (Å²) in [6.07, 6.45) is 1.34. The normalized spacial score (nSPS) is 10.3. The summed E-state index contributed by atoms with van der Waals surface area (Å²) in [5.74, 6) is 0. The maximum absolute atomic E-state index is 5.94. The summed E-state index contributed by atoms with van der Waals surface area (Å²) >= 11 is 11.9. The van der Waals surface area contributed by atoms with Crippen molar-refractivity contribution < 1.29 is 0 Å². The minimum atomic E-state index is 0.332. The van der Waals surface area contributed by atoms with Crippen molar-refractivity contribution >= 4 is 28.9 Å². The molecule has 0 aliphatic carbocycles. The molecule has 0 saturated heterocycles. The fourth-order valence-electron chi connectivity index (χ4n) is 1.48. The number of aryl methyl sites for hydroxylation is 1.